The monoisotopic (exact) mass is 333 g/mol. The van der Waals surface area contributed by atoms with Crippen LogP contribution >= 0.6 is 38.9 Å². The Balaban J connectivity index is 2.45. The number of nitrogens with one attached hydrogen (secondary N) is 1. The summed E-state index contributed by atoms with van der Waals surface area (Å²) in [5, 5.41) is 3.26. The van der Waals surface area contributed by atoms with Gasteiger partial charge in [0.1, 0.15) is 5.82 Å². The number of rotatable bonds is 3. The van der Waals surface area contributed by atoms with Crippen LogP contribution in [0.15, 0.2) is 34.1 Å². The zero-order valence-corrected chi connectivity index (χ0v) is 12.2. The standard InChI is InChI=1S/C12H10BrClFNS/c1-16-12(9-5-6-10(13)17-9)7-3-2-4-8(14)11(7)15/h2-6,12,16H,1H3. The van der Waals surface area contributed by atoms with E-state index in [0.29, 0.717) is 5.56 Å². The fourth-order valence-electron chi connectivity index (χ4n) is 1.68. The topological polar surface area (TPSA) is 12.0 Å². The lowest BCUT2D eigenvalue weighted by molar-refractivity contribution is 0.580. The normalized spacial score (nSPS) is 12.7. The van der Waals surface area contributed by atoms with Crippen LogP contribution in [0.2, 0.25) is 5.02 Å². The van der Waals surface area contributed by atoms with Gasteiger partial charge in [-0.1, -0.05) is 23.7 Å². The Morgan fingerprint density at radius 1 is 1.35 bits per heavy atom. The van der Waals surface area contributed by atoms with Gasteiger partial charge in [-0.3, -0.25) is 0 Å². The predicted molar refractivity (Wildman–Crippen MR) is 74.3 cm³/mol. The molecule has 5 heteroatoms. The quantitative estimate of drug-likeness (QED) is 0.864. The van der Waals surface area contributed by atoms with Crippen molar-refractivity contribution in [2.24, 2.45) is 0 Å². The maximum atomic E-state index is 14.0. The summed E-state index contributed by atoms with van der Waals surface area (Å²) in [6.45, 7) is 0. The molecule has 0 bridgehead atoms. The number of hydrogen-bond acceptors (Lipinski definition) is 2. The summed E-state index contributed by atoms with van der Waals surface area (Å²) in [5.41, 5.74) is 0.564. The van der Waals surface area contributed by atoms with Crippen molar-refractivity contribution in [3.8, 4) is 0 Å². The van der Waals surface area contributed by atoms with Crippen molar-refractivity contribution >= 4 is 38.9 Å². The first-order valence-corrected chi connectivity index (χ1v) is 6.98. The smallest absolute Gasteiger partial charge is 0.146 e. The van der Waals surface area contributed by atoms with Crippen molar-refractivity contribution in [2.45, 2.75) is 6.04 Å². The SMILES string of the molecule is CNC(c1ccc(Br)s1)c1cccc(Cl)c1F. The van der Waals surface area contributed by atoms with Gasteiger partial charge in [0.15, 0.2) is 0 Å². The molecule has 0 amide bonds. The van der Waals surface area contributed by atoms with Gasteiger partial charge in [0.25, 0.3) is 0 Å². The van der Waals surface area contributed by atoms with E-state index in [0.717, 1.165) is 8.66 Å². The van der Waals surface area contributed by atoms with E-state index in [1.807, 2.05) is 12.1 Å². The highest BCUT2D eigenvalue weighted by atomic mass is 79.9. The predicted octanol–water partition coefficient (Wildman–Crippen LogP) is 4.61. The number of hydrogen-bond donors (Lipinski definition) is 1. The van der Waals surface area contributed by atoms with E-state index < -0.39 is 0 Å². The van der Waals surface area contributed by atoms with Crippen LogP contribution < -0.4 is 5.32 Å². The zero-order valence-electron chi connectivity index (χ0n) is 9.01. The van der Waals surface area contributed by atoms with Crippen molar-refractivity contribution < 1.29 is 4.39 Å². The van der Waals surface area contributed by atoms with Gasteiger partial charge in [0, 0.05) is 10.4 Å². The number of benzene rings is 1. The van der Waals surface area contributed by atoms with Crippen LogP contribution in [0, 0.1) is 5.82 Å². The average molecular weight is 335 g/mol. The highest BCUT2D eigenvalue weighted by molar-refractivity contribution is 9.11. The average Bonchev–Trinajstić information content (AvgIpc) is 2.72. The Labute approximate surface area is 117 Å². The second-order valence-corrected chi connectivity index (χ2v) is 6.41. The molecule has 0 saturated heterocycles. The molecule has 1 aromatic carbocycles. The third kappa shape index (κ3) is 2.71. The van der Waals surface area contributed by atoms with Gasteiger partial charge < -0.3 is 5.32 Å². The van der Waals surface area contributed by atoms with Gasteiger partial charge in [-0.2, -0.15) is 0 Å². The lowest BCUT2D eigenvalue weighted by Crippen LogP contribution is -2.17. The zero-order chi connectivity index (χ0) is 12.4. The molecule has 0 radical (unpaired) electrons. The maximum Gasteiger partial charge on any atom is 0.146 e. The second kappa shape index (κ2) is 5.48. The minimum Gasteiger partial charge on any atom is -0.309 e. The Morgan fingerprint density at radius 3 is 2.71 bits per heavy atom. The largest absolute Gasteiger partial charge is 0.309 e. The van der Waals surface area contributed by atoms with Crippen molar-refractivity contribution in [1.82, 2.24) is 5.32 Å². The van der Waals surface area contributed by atoms with Crippen LogP contribution in [-0.2, 0) is 0 Å². The van der Waals surface area contributed by atoms with Gasteiger partial charge in [-0.15, -0.1) is 11.3 Å². The highest BCUT2D eigenvalue weighted by Crippen LogP contribution is 2.33. The van der Waals surface area contributed by atoms with E-state index in [-0.39, 0.29) is 16.9 Å². The molecule has 2 rings (SSSR count). The van der Waals surface area contributed by atoms with Gasteiger partial charge >= 0.3 is 0 Å². The first kappa shape index (κ1) is 13.0. The van der Waals surface area contributed by atoms with Crippen molar-refractivity contribution in [2.75, 3.05) is 7.05 Å². The summed E-state index contributed by atoms with van der Waals surface area (Å²) < 4.78 is 15.0. The Bertz CT molecular complexity index is 529. The molecular weight excluding hydrogens is 325 g/mol. The minimum absolute atomic E-state index is 0.151. The van der Waals surface area contributed by atoms with E-state index in [1.165, 1.54) is 0 Å². The van der Waals surface area contributed by atoms with Crippen molar-refractivity contribution in [1.29, 1.82) is 0 Å². The molecule has 0 aliphatic rings. The Hall–Kier alpha value is -0.420. The third-order valence-electron chi connectivity index (χ3n) is 2.46. The maximum absolute atomic E-state index is 14.0. The lowest BCUT2D eigenvalue weighted by Gasteiger charge is -2.16. The summed E-state index contributed by atoms with van der Waals surface area (Å²) in [6, 6.07) is 8.80. The molecule has 2 aromatic rings. The number of thiophene rings is 1. The molecule has 90 valence electrons. The second-order valence-electron chi connectivity index (χ2n) is 3.51. The molecule has 1 nitrogen and oxygen atoms in total. The van der Waals surface area contributed by atoms with Gasteiger partial charge in [0.05, 0.1) is 14.9 Å². The van der Waals surface area contributed by atoms with E-state index in [9.17, 15) is 4.39 Å². The Kier molecular flexibility index (Phi) is 4.20. The molecule has 1 atom stereocenters. The van der Waals surface area contributed by atoms with Crippen molar-refractivity contribution in [3.63, 3.8) is 0 Å². The lowest BCUT2D eigenvalue weighted by atomic mass is 10.1. The minimum atomic E-state index is -0.363. The summed E-state index contributed by atoms with van der Waals surface area (Å²) >= 11 is 10.8. The van der Waals surface area contributed by atoms with Crippen molar-refractivity contribution in [3.05, 3.63) is 55.4 Å². The van der Waals surface area contributed by atoms with Crippen LogP contribution in [0.4, 0.5) is 4.39 Å². The van der Waals surface area contributed by atoms with Crippen LogP contribution in [0.3, 0.4) is 0 Å². The molecular formula is C12H10BrClFNS. The summed E-state index contributed by atoms with van der Waals surface area (Å²) in [4.78, 5) is 1.04. The van der Waals surface area contributed by atoms with Gasteiger partial charge in [-0.05, 0) is 41.2 Å². The molecule has 1 N–H and O–H groups in total. The van der Waals surface area contributed by atoms with Gasteiger partial charge in [-0.25, -0.2) is 4.39 Å². The fraction of sp³-hybridized carbons (Fsp3) is 0.167. The van der Waals surface area contributed by atoms with Gasteiger partial charge in [0.2, 0.25) is 0 Å². The molecule has 0 aliphatic carbocycles. The first-order valence-electron chi connectivity index (χ1n) is 5.00. The third-order valence-corrected chi connectivity index (χ3v) is 4.44. The summed E-state index contributed by atoms with van der Waals surface area (Å²) in [5.74, 6) is -0.363. The Morgan fingerprint density at radius 2 is 2.12 bits per heavy atom. The van der Waals surface area contributed by atoms with Crippen LogP contribution in [0.1, 0.15) is 16.5 Å². The molecule has 1 heterocycles. The molecule has 17 heavy (non-hydrogen) atoms. The summed E-state index contributed by atoms with van der Waals surface area (Å²) in [6.07, 6.45) is 0. The molecule has 0 fully saturated rings. The summed E-state index contributed by atoms with van der Waals surface area (Å²) in [7, 11) is 1.80. The van der Waals surface area contributed by atoms with E-state index in [2.05, 4.69) is 21.2 Å². The molecule has 0 saturated carbocycles. The number of halogens is 3. The van der Waals surface area contributed by atoms with Crippen LogP contribution in [0.25, 0.3) is 0 Å². The fourth-order valence-corrected chi connectivity index (χ4v) is 3.41. The highest BCUT2D eigenvalue weighted by Gasteiger charge is 2.19. The molecule has 0 aliphatic heterocycles. The van der Waals surface area contributed by atoms with E-state index in [1.54, 1.807) is 36.6 Å². The molecule has 1 aromatic heterocycles. The van der Waals surface area contributed by atoms with Crippen LogP contribution in [-0.4, -0.2) is 7.05 Å². The van der Waals surface area contributed by atoms with E-state index >= 15 is 0 Å². The van der Waals surface area contributed by atoms with E-state index in [4.69, 9.17) is 11.6 Å². The molecule has 1 unspecified atom stereocenters. The molecule has 0 spiro atoms. The first-order chi connectivity index (χ1) is 8.13. The van der Waals surface area contributed by atoms with Crippen LogP contribution in [0.5, 0.6) is 0 Å².